The molecule has 204 valence electrons. The Hall–Kier alpha value is -3.90. The monoisotopic (exact) mass is 540 g/mol. The fourth-order valence-corrected chi connectivity index (χ4v) is 9.61. The highest BCUT2D eigenvalue weighted by atomic mass is 14.3. The van der Waals surface area contributed by atoms with Crippen LogP contribution in [0.5, 0.6) is 0 Å². The molecule has 0 saturated carbocycles. The molecule has 0 radical (unpaired) electrons. The van der Waals surface area contributed by atoms with E-state index in [4.69, 9.17) is 0 Å². The maximum absolute atomic E-state index is 2.62. The Morgan fingerprint density at radius 3 is 2.29 bits per heavy atom. The van der Waals surface area contributed by atoms with Gasteiger partial charge in [0.25, 0.3) is 0 Å². The number of allylic oxidation sites excluding steroid dienone is 6. The van der Waals surface area contributed by atoms with Gasteiger partial charge in [-0.25, -0.2) is 0 Å². The third kappa shape index (κ3) is 3.30. The van der Waals surface area contributed by atoms with Crippen LogP contribution in [-0.2, 0) is 0 Å². The van der Waals surface area contributed by atoms with E-state index in [1.807, 2.05) is 0 Å². The average Bonchev–Trinajstić information content (AvgIpc) is 3.05. The molecule has 2 unspecified atom stereocenters. The van der Waals surface area contributed by atoms with Crippen molar-refractivity contribution in [2.45, 2.75) is 76.0 Å². The second-order valence-electron chi connectivity index (χ2n) is 13.6. The highest BCUT2D eigenvalue weighted by Crippen LogP contribution is 2.43. The van der Waals surface area contributed by atoms with Gasteiger partial charge in [-0.15, -0.1) is 0 Å². The van der Waals surface area contributed by atoms with Gasteiger partial charge >= 0.3 is 0 Å². The van der Waals surface area contributed by atoms with Crippen LogP contribution in [0.1, 0.15) is 92.7 Å². The minimum atomic E-state index is 0.695. The van der Waals surface area contributed by atoms with Crippen molar-refractivity contribution in [3.8, 4) is 0 Å². The summed E-state index contributed by atoms with van der Waals surface area (Å²) in [6.45, 7) is 0. The van der Waals surface area contributed by atoms with Gasteiger partial charge in [-0.05, 0) is 163 Å². The van der Waals surface area contributed by atoms with Crippen LogP contribution in [0.2, 0.25) is 0 Å². The first-order valence-electron chi connectivity index (χ1n) is 16.4. The number of hydrogen-bond donors (Lipinski definition) is 0. The fraction of sp³-hybridized carbons (Fsp3) is 0.286. The molecule has 42 heavy (non-hydrogen) atoms. The minimum Gasteiger partial charge on any atom is -0.0769 e. The highest BCUT2D eigenvalue weighted by Gasteiger charge is 2.28. The normalized spacial score (nSPS) is 23.5. The van der Waals surface area contributed by atoms with Crippen LogP contribution in [-0.4, -0.2) is 0 Å². The van der Waals surface area contributed by atoms with Crippen LogP contribution in [0, 0.1) is 0 Å². The van der Waals surface area contributed by atoms with Gasteiger partial charge < -0.3 is 0 Å². The van der Waals surface area contributed by atoms with Gasteiger partial charge in [0.05, 0.1) is 0 Å². The molecule has 6 aliphatic carbocycles. The summed E-state index contributed by atoms with van der Waals surface area (Å²) in [5, 5.41) is 12.0. The van der Waals surface area contributed by atoms with E-state index in [1.165, 1.54) is 95.2 Å². The van der Waals surface area contributed by atoms with Crippen molar-refractivity contribution >= 4 is 50.9 Å². The zero-order valence-electron chi connectivity index (χ0n) is 24.3. The van der Waals surface area contributed by atoms with Crippen molar-refractivity contribution in [3.05, 3.63) is 121 Å². The fourth-order valence-electron chi connectivity index (χ4n) is 9.61. The number of rotatable bonds is 2. The summed E-state index contributed by atoms with van der Waals surface area (Å²) in [6, 6.07) is 21.3. The molecule has 0 spiro atoms. The standard InChI is InChI=1S/C42H36/c1-3-25-7-9-29-15-19-35(37-21-17-27(5-1)39(25)41(29)37)33-13-11-32-24-34(14-12-31(32)23-33)36-20-16-30-10-8-26-4-2-6-28-18-22-38(36)42(30)40(26)28/h1,3-5,7-8,10,16-17,20-24,28-29H,2,6,9,11-15,18-19H2. The van der Waals surface area contributed by atoms with E-state index in [0.29, 0.717) is 11.8 Å². The van der Waals surface area contributed by atoms with Crippen molar-refractivity contribution in [2.75, 3.05) is 0 Å². The molecule has 0 aliphatic heterocycles. The second kappa shape index (κ2) is 8.81. The van der Waals surface area contributed by atoms with Crippen LogP contribution < -0.4 is 20.9 Å². The molecular weight excluding hydrogens is 504 g/mol. The van der Waals surface area contributed by atoms with Crippen LogP contribution in [0.3, 0.4) is 0 Å². The lowest BCUT2D eigenvalue weighted by atomic mass is 9.73. The molecule has 0 nitrogen and oxygen atoms in total. The Labute approximate surface area is 247 Å². The SMILES string of the molecule is C1=C(C2=c3ccc4cccc5c4c3C(CC=5)CC2)CCC2=C1CCC(c1ccc3ccc4c5c3c1=CCC5CCC=4)=C2. The summed E-state index contributed by atoms with van der Waals surface area (Å²) < 4.78 is 0. The third-order valence-corrected chi connectivity index (χ3v) is 11.6. The Morgan fingerprint density at radius 2 is 1.33 bits per heavy atom. The Morgan fingerprint density at radius 1 is 0.548 bits per heavy atom. The summed E-state index contributed by atoms with van der Waals surface area (Å²) in [4.78, 5) is 0. The topological polar surface area (TPSA) is 0 Å². The maximum atomic E-state index is 2.62. The van der Waals surface area contributed by atoms with E-state index in [-0.39, 0.29) is 0 Å². The molecular formula is C42H36. The van der Waals surface area contributed by atoms with Gasteiger partial charge in [0.1, 0.15) is 0 Å². The van der Waals surface area contributed by atoms with Gasteiger partial charge in [-0.3, -0.25) is 0 Å². The molecule has 4 aromatic rings. The van der Waals surface area contributed by atoms with Gasteiger partial charge in [-0.2, -0.15) is 0 Å². The minimum absolute atomic E-state index is 0.695. The molecule has 0 fully saturated rings. The van der Waals surface area contributed by atoms with Gasteiger partial charge in [0.15, 0.2) is 0 Å². The van der Waals surface area contributed by atoms with Crippen LogP contribution in [0.15, 0.2) is 83.5 Å². The highest BCUT2D eigenvalue weighted by molar-refractivity contribution is 5.93. The van der Waals surface area contributed by atoms with E-state index in [0.717, 1.165) is 6.42 Å². The van der Waals surface area contributed by atoms with Crippen LogP contribution in [0.4, 0.5) is 0 Å². The molecule has 10 rings (SSSR count). The van der Waals surface area contributed by atoms with E-state index in [9.17, 15) is 0 Å². The molecule has 0 aromatic heterocycles. The van der Waals surface area contributed by atoms with Crippen molar-refractivity contribution < 1.29 is 0 Å². The van der Waals surface area contributed by atoms with E-state index < -0.39 is 0 Å². The maximum Gasteiger partial charge on any atom is -0.00676 e. The molecule has 6 aliphatic rings. The van der Waals surface area contributed by atoms with Gasteiger partial charge in [0.2, 0.25) is 0 Å². The van der Waals surface area contributed by atoms with Gasteiger partial charge in [0, 0.05) is 0 Å². The zero-order chi connectivity index (χ0) is 27.4. The summed E-state index contributed by atoms with van der Waals surface area (Å²) in [5.74, 6) is 1.41. The molecule has 0 heteroatoms. The van der Waals surface area contributed by atoms with Crippen molar-refractivity contribution in [3.63, 3.8) is 0 Å². The zero-order valence-corrected chi connectivity index (χ0v) is 24.3. The lowest BCUT2D eigenvalue weighted by Gasteiger charge is -2.31. The van der Waals surface area contributed by atoms with Gasteiger partial charge in [-0.1, -0.05) is 85.0 Å². The van der Waals surface area contributed by atoms with E-state index in [2.05, 4.69) is 85.0 Å². The first-order valence-corrected chi connectivity index (χ1v) is 16.4. The predicted octanol–water partition coefficient (Wildman–Crippen LogP) is 7.94. The van der Waals surface area contributed by atoms with E-state index >= 15 is 0 Å². The first kappa shape index (κ1) is 23.6. The summed E-state index contributed by atoms with van der Waals surface area (Å²) >= 11 is 0. The lowest BCUT2D eigenvalue weighted by Crippen LogP contribution is -2.28. The van der Waals surface area contributed by atoms with E-state index in [1.54, 1.807) is 49.6 Å². The predicted molar refractivity (Wildman–Crippen MR) is 178 cm³/mol. The molecule has 0 bridgehead atoms. The molecule has 0 amide bonds. The molecule has 4 aromatic carbocycles. The average molecular weight is 541 g/mol. The third-order valence-electron chi connectivity index (χ3n) is 11.6. The quantitative estimate of drug-likeness (QED) is 0.242. The summed E-state index contributed by atoms with van der Waals surface area (Å²) in [7, 11) is 0. The first-order chi connectivity index (χ1) is 20.8. The van der Waals surface area contributed by atoms with Crippen molar-refractivity contribution in [1.82, 2.24) is 0 Å². The Bertz CT molecular complexity index is 2250. The van der Waals surface area contributed by atoms with Crippen molar-refractivity contribution in [2.24, 2.45) is 0 Å². The van der Waals surface area contributed by atoms with Crippen molar-refractivity contribution in [1.29, 1.82) is 0 Å². The Balaban J connectivity index is 1.09. The summed E-state index contributed by atoms with van der Waals surface area (Å²) in [5.41, 5.74) is 12.8. The summed E-state index contributed by atoms with van der Waals surface area (Å²) in [6.07, 6.45) is 24.9. The Kier molecular flexibility index (Phi) is 4.96. The molecule has 2 atom stereocenters. The smallest absolute Gasteiger partial charge is 0.00676 e. The lowest BCUT2D eigenvalue weighted by molar-refractivity contribution is 0.637. The number of benzene rings is 4. The molecule has 0 N–H and O–H groups in total. The second-order valence-corrected chi connectivity index (χ2v) is 13.6. The largest absolute Gasteiger partial charge is 0.0769 e. The molecule has 0 saturated heterocycles. The number of hydrogen-bond acceptors (Lipinski definition) is 0. The molecule has 0 heterocycles. The van der Waals surface area contributed by atoms with Crippen LogP contribution >= 0.6 is 0 Å². The van der Waals surface area contributed by atoms with Crippen LogP contribution in [0.25, 0.3) is 50.9 Å².